The Morgan fingerprint density at radius 1 is 1.33 bits per heavy atom. The summed E-state index contributed by atoms with van der Waals surface area (Å²) in [5.74, 6) is -4.57. The van der Waals surface area contributed by atoms with Gasteiger partial charge in [-0.25, -0.2) is 28.5 Å². The fourth-order valence-corrected chi connectivity index (χ4v) is 4.40. The molecule has 0 aliphatic heterocycles. The van der Waals surface area contributed by atoms with E-state index in [0.29, 0.717) is 16.6 Å². The molecule has 2 heterocycles. The lowest BCUT2D eigenvalue weighted by Crippen LogP contribution is -2.14. The number of nitrogens with one attached hydrogen (secondary N) is 1. The number of aromatic carboxylic acids is 1. The smallest absolute Gasteiger partial charge is 0.356 e. The minimum atomic E-state index is -2.78. The molecule has 33 heavy (non-hydrogen) atoms. The SMILES string of the molecule is Cc1cc([C@@H](C)Nc2ccc(Cl)nc2C(=O)O)c2nc([C@@H]3CCC(F)(F)C3)c(C#N)nc2c1. The molecular weight excluding hydrogens is 452 g/mol. The van der Waals surface area contributed by atoms with E-state index in [4.69, 9.17) is 11.6 Å². The summed E-state index contributed by atoms with van der Waals surface area (Å²) < 4.78 is 27.7. The van der Waals surface area contributed by atoms with Crippen molar-refractivity contribution < 1.29 is 18.7 Å². The largest absolute Gasteiger partial charge is 0.476 e. The molecule has 1 aliphatic carbocycles. The molecule has 7 nitrogen and oxygen atoms in total. The van der Waals surface area contributed by atoms with Gasteiger partial charge in [0.1, 0.15) is 11.2 Å². The van der Waals surface area contributed by atoms with Crippen molar-refractivity contribution in [3.05, 3.63) is 57.6 Å². The molecule has 2 N–H and O–H groups in total. The minimum Gasteiger partial charge on any atom is -0.476 e. The standard InChI is InChI=1S/C23H20ClF2N5O2/c1-11-7-14(12(2)28-15-3-4-18(24)30-21(15)22(32)33)20-16(8-11)29-17(10-27)19(31-20)13-5-6-23(25,26)9-13/h3-4,7-8,12-13,28H,5-6,9H2,1-2H3,(H,32,33)/t12-,13-/m1/s1. The van der Waals surface area contributed by atoms with Crippen molar-refractivity contribution >= 4 is 34.3 Å². The number of nitrogens with zero attached hydrogens (tertiary/aromatic N) is 4. The number of rotatable bonds is 5. The van der Waals surface area contributed by atoms with Crippen LogP contribution >= 0.6 is 11.6 Å². The van der Waals surface area contributed by atoms with Crippen LogP contribution < -0.4 is 5.32 Å². The predicted octanol–water partition coefficient (Wildman–Crippen LogP) is 5.63. The van der Waals surface area contributed by atoms with Crippen LogP contribution in [-0.2, 0) is 0 Å². The first kappa shape index (κ1) is 22.8. The first-order valence-electron chi connectivity index (χ1n) is 10.3. The number of hydrogen-bond acceptors (Lipinski definition) is 6. The van der Waals surface area contributed by atoms with Crippen molar-refractivity contribution in [2.45, 2.75) is 51.0 Å². The number of halogens is 3. The molecule has 10 heteroatoms. The number of aromatic nitrogens is 3. The number of pyridine rings is 1. The average molecular weight is 472 g/mol. The number of fused-ring (bicyclic) bond motifs is 1. The van der Waals surface area contributed by atoms with Crippen molar-refractivity contribution in [1.82, 2.24) is 15.0 Å². The highest BCUT2D eigenvalue weighted by molar-refractivity contribution is 6.29. The third-order valence-corrected chi connectivity index (χ3v) is 5.98. The van der Waals surface area contributed by atoms with E-state index >= 15 is 0 Å². The molecular formula is C23H20ClF2N5O2. The Bertz CT molecular complexity index is 1310. The molecule has 2 aromatic heterocycles. The lowest BCUT2D eigenvalue weighted by Gasteiger charge is -2.20. The van der Waals surface area contributed by atoms with Crippen LogP contribution in [0.4, 0.5) is 14.5 Å². The van der Waals surface area contributed by atoms with Gasteiger partial charge in [0.2, 0.25) is 5.92 Å². The molecule has 0 saturated heterocycles. The predicted molar refractivity (Wildman–Crippen MR) is 119 cm³/mol. The van der Waals surface area contributed by atoms with Crippen LogP contribution in [0, 0.1) is 18.3 Å². The normalized spacial score (nSPS) is 18.1. The van der Waals surface area contributed by atoms with Crippen molar-refractivity contribution in [2.75, 3.05) is 5.32 Å². The Balaban J connectivity index is 1.80. The molecule has 1 aromatic carbocycles. The zero-order valence-corrected chi connectivity index (χ0v) is 18.6. The van der Waals surface area contributed by atoms with Crippen molar-refractivity contribution in [3.8, 4) is 6.07 Å². The quantitative estimate of drug-likeness (QED) is 0.463. The van der Waals surface area contributed by atoms with Gasteiger partial charge in [-0.2, -0.15) is 5.26 Å². The van der Waals surface area contributed by atoms with Gasteiger partial charge in [-0.15, -0.1) is 0 Å². The first-order valence-corrected chi connectivity index (χ1v) is 10.7. The molecule has 0 spiro atoms. The van der Waals surface area contributed by atoms with Crippen LogP contribution in [0.2, 0.25) is 5.15 Å². The number of benzene rings is 1. The zero-order valence-electron chi connectivity index (χ0n) is 17.9. The molecule has 2 atom stereocenters. The van der Waals surface area contributed by atoms with Crippen LogP contribution in [-0.4, -0.2) is 32.0 Å². The third kappa shape index (κ3) is 4.57. The lowest BCUT2D eigenvalue weighted by atomic mass is 9.98. The van der Waals surface area contributed by atoms with E-state index in [1.165, 1.54) is 12.1 Å². The maximum atomic E-state index is 13.9. The number of carboxylic acids is 1. The number of nitriles is 1. The highest BCUT2D eigenvalue weighted by Crippen LogP contribution is 2.44. The number of aryl methyl sites for hydroxylation is 1. The minimum absolute atomic E-state index is 0.0532. The number of carbonyl (C=O) groups is 1. The molecule has 1 saturated carbocycles. The molecule has 1 fully saturated rings. The van der Waals surface area contributed by atoms with Gasteiger partial charge in [0, 0.05) is 24.3 Å². The van der Waals surface area contributed by atoms with E-state index in [1.54, 1.807) is 6.07 Å². The summed E-state index contributed by atoms with van der Waals surface area (Å²) in [5.41, 5.74) is 2.87. The fourth-order valence-electron chi connectivity index (χ4n) is 4.25. The van der Waals surface area contributed by atoms with Crippen LogP contribution in [0.1, 0.15) is 71.1 Å². The van der Waals surface area contributed by atoms with Gasteiger partial charge in [0.25, 0.3) is 0 Å². The number of hydrogen-bond donors (Lipinski definition) is 2. The molecule has 170 valence electrons. The zero-order chi connectivity index (χ0) is 23.9. The molecule has 0 amide bonds. The lowest BCUT2D eigenvalue weighted by molar-refractivity contribution is 0.00764. The summed E-state index contributed by atoms with van der Waals surface area (Å²) in [5, 5.41) is 22.2. The van der Waals surface area contributed by atoms with Gasteiger partial charge in [0.05, 0.1) is 28.5 Å². The summed E-state index contributed by atoms with van der Waals surface area (Å²) in [7, 11) is 0. The van der Waals surface area contributed by atoms with E-state index in [1.807, 2.05) is 26.0 Å². The van der Waals surface area contributed by atoms with E-state index in [2.05, 4.69) is 20.3 Å². The van der Waals surface area contributed by atoms with Gasteiger partial charge in [-0.05, 0) is 44.0 Å². The maximum absolute atomic E-state index is 13.9. The summed E-state index contributed by atoms with van der Waals surface area (Å²) in [6.45, 7) is 3.68. The second kappa shape index (κ2) is 8.52. The van der Waals surface area contributed by atoms with Crippen LogP contribution in [0.5, 0.6) is 0 Å². The summed E-state index contributed by atoms with van der Waals surface area (Å²) >= 11 is 5.84. The van der Waals surface area contributed by atoms with E-state index < -0.39 is 23.9 Å². The van der Waals surface area contributed by atoms with Crippen molar-refractivity contribution in [2.24, 2.45) is 0 Å². The molecule has 0 radical (unpaired) electrons. The Kier molecular flexibility index (Phi) is 5.89. The topological polar surface area (TPSA) is 112 Å². The summed E-state index contributed by atoms with van der Waals surface area (Å²) in [4.78, 5) is 24.6. The number of alkyl halides is 2. The fraction of sp³-hybridized carbons (Fsp3) is 0.348. The van der Waals surface area contributed by atoms with Gasteiger partial charge < -0.3 is 10.4 Å². The second-order valence-corrected chi connectivity index (χ2v) is 8.68. The van der Waals surface area contributed by atoms with Gasteiger partial charge in [-0.3, -0.25) is 0 Å². The van der Waals surface area contributed by atoms with Crippen molar-refractivity contribution in [1.29, 1.82) is 5.26 Å². The van der Waals surface area contributed by atoms with E-state index in [9.17, 15) is 23.9 Å². The average Bonchev–Trinajstić information content (AvgIpc) is 3.12. The number of anilines is 1. The van der Waals surface area contributed by atoms with E-state index in [-0.39, 0.29) is 47.2 Å². The van der Waals surface area contributed by atoms with E-state index in [0.717, 1.165) is 5.56 Å². The highest BCUT2D eigenvalue weighted by Gasteiger charge is 2.41. The monoisotopic (exact) mass is 471 g/mol. The van der Waals surface area contributed by atoms with Gasteiger partial charge in [-0.1, -0.05) is 17.7 Å². The second-order valence-electron chi connectivity index (χ2n) is 8.29. The summed E-state index contributed by atoms with van der Waals surface area (Å²) in [6.07, 6.45) is -0.382. The number of carboxylic acid groups (broad SMARTS) is 1. The van der Waals surface area contributed by atoms with Crippen LogP contribution in [0.25, 0.3) is 11.0 Å². The van der Waals surface area contributed by atoms with Gasteiger partial charge in [0.15, 0.2) is 11.4 Å². The first-order chi connectivity index (χ1) is 15.6. The van der Waals surface area contributed by atoms with Crippen LogP contribution in [0.3, 0.4) is 0 Å². The van der Waals surface area contributed by atoms with Crippen LogP contribution in [0.15, 0.2) is 24.3 Å². The summed E-state index contributed by atoms with van der Waals surface area (Å²) in [6, 6.07) is 8.23. The van der Waals surface area contributed by atoms with Gasteiger partial charge >= 0.3 is 5.97 Å². The third-order valence-electron chi connectivity index (χ3n) is 5.77. The maximum Gasteiger partial charge on any atom is 0.356 e. The molecule has 3 aromatic rings. The van der Waals surface area contributed by atoms with Crippen molar-refractivity contribution in [3.63, 3.8) is 0 Å². The molecule has 1 aliphatic rings. The Morgan fingerprint density at radius 3 is 2.73 bits per heavy atom. The molecule has 0 unspecified atom stereocenters. The molecule has 4 rings (SSSR count). The Morgan fingerprint density at radius 2 is 2.09 bits per heavy atom. The Labute approximate surface area is 193 Å². The highest BCUT2D eigenvalue weighted by atomic mass is 35.5. The molecule has 0 bridgehead atoms. The Hall–Kier alpha value is -3.38.